The number of hydrogen-bond donors (Lipinski definition) is 3. The Morgan fingerprint density at radius 1 is 1.33 bits per heavy atom. The molecule has 6 nitrogen and oxygen atoms in total. The number of unbranched alkanes of at least 4 members (excludes halogenated alkanes) is 1. The van der Waals surface area contributed by atoms with E-state index in [0.29, 0.717) is 13.0 Å². The Labute approximate surface area is 142 Å². The van der Waals surface area contributed by atoms with Gasteiger partial charge in [-0.15, -0.1) is 0 Å². The summed E-state index contributed by atoms with van der Waals surface area (Å²) in [6.45, 7) is 2.61. The summed E-state index contributed by atoms with van der Waals surface area (Å²) < 4.78 is 0. The molecule has 6 heteroatoms. The number of nitrogens with one attached hydrogen (secondary N) is 1. The van der Waals surface area contributed by atoms with Gasteiger partial charge in [0.2, 0.25) is 5.91 Å². The smallest absolute Gasteiger partial charge is 0.272 e. The van der Waals surface area contributed by atoms with E-state index in [9.17, 15) is 14.7 Å². The van der Waals surface area contributed by atoms with Gasteiger partial charge in [0, 0.05) is 6.54 Å². The van der Waals surface area contributed by atoms with Crippen LogP contribution in [0, 0.1) is 5.92 Å². The Morgan fingerprint density at radius 3 is 2.67 bits per heavy atom. The molecule has 3 atom stereocenters. The fourth-order valence-electron chi connectivity index (χ4n) is 3.35. The summed E-state index contributed by atoms with van der Waals surface area (Å²) in [5, 5.41) is 18.9. The molecule has 3 unspecified atom stereocenters. The van der Waals surface area contributed by atoms with Gasteiger partial charge in [-0.3, -0.25) is 14.8 Å². The minimum atomic E-state index is -1.54. The van der Waals surface area contributed by atoms with Crippen LogP contribution in [0.25, 0.3) is 0 Å². The van der Waals surface area contributed by atoms with Crippen LogP contribution < -0.4 is 5.48 Å². The highest BCUT2D eigenvalue weighted by atomic mass is 16.5. The Morgan fingerprint density at radius 2 is 2.04 bits per heavy atom. The van der Waals surface area contributed by atoms with Crippen molar-refractivity contribution in [2.45, 2.75) is 51.2 Å². The molecule has 3 N–H and O–H groups in total. The summed E-state index contributed by atoms with van der Waals surface area (Å²) in [7, 11) is 0. The zero-order valence-corrected chi connectivity index (χ0v) is 14.0. The lowest BCUT2D eigenvalue weighted by atomic mass is 9.93. The third kappa shape index (κ3) is 4.13. The van der Waals surface area contributed by atoms with E-state index in [2.05, 4.69) is 0 Å². The van der Waals surface area contributed by atoms with Gasteiger partial charge in [-0.1, -0.05) is 50.1 Å². The van der Waals surface area contributed by atoms with Crippen molar-refractivity contribution in [1.29, 1.82) is 0 Å². The van der Waals surface area contributed by atoms with E-state index in [1.165, 1.54) is 5.48 Å². The second-order valence-corrected chi connectivity index (χ2v) is 6.27. The Bertz CT molecular complexity index is 549. The molecule has 2 amide bonds. The summed E-state index contributed by atoms with van der Waals surface area (Å²) >= 11 is 0. The largest absolute Gasteiger partial charge is 0.382 e. The van der Waals surface area contributed by atoms with Crippen LogP contribution in [0.15, 0.2) is 30.3 Å². The van der Waals surface area contributed by atoms with Crippen LogP contribution in [0.3, 0.4) is 0 Å². The van der Waals surface area contributed by atoms with E-state index >= 15 is 0 Å². The molecule has 0 saturated carbocycles. The number of hydrogen-bond acceptors (Lipinski definition) is 4. The Balaban J connectivity index is 2.19. The number of nitrogens with zero attached hydrogens (tertiary/aromatic N) is 1. The number of aliphatic hydroxyl groups excluding tert-OH is 1. The lowest BCUT2D eigenvalue weighted by molar-refractivity contribution is -0.151. The quantitative estimate of drug-likeness (QED) is 0.526. The van der Waals surface area contributed by atoms with Gasteiger partial charge in [0.25, 0.3) is 5.91 Å². The number of aliphatic hydroxyl groups is 1. The molecule has 1 heterocycles. The van der Waals surface area contributed by atoms with E-state index in [1.54, 1.807) is 4.90 Å². The molecule has 2 rings (SSSR count). The van der Waals surface area contributed by atoms with E-state index in [4.69, 9.17) is 5.21 Å². The second-order valence-electron chi connectivity index (χ2n) is 6.27. The van der Waals surface area contributed by atoms with Gasteiger partial charge in [0.05, 0.1) is 12.0 Å². The number of likely N-dealkylation sites (tertiary alicyclic amines) is 1. The summed E-state index contributed by atoms with van der Waals surface area (Å²) in [5.74, 6) is -1.98. The summed E-state index contributed by atoms with van der Waals surface area (Å²) in [4.78, 5) is 26.4. The average molecular weight is 334 g/mol. The molecule has 0 radical (unpaired) electrons. The van der Waals surface area contributed by atoms with Gasteiger partial charge >= 0.3 is 0 Å². The molecule has 132 valence electrons. The minimum Gasteiger partial charge on any atom is -0.382 e. The monoisotopic (exact) mass is 334 g/mol. The van der Waals surface area contributed by atoms with Crippen LogP contribution in [0.4, 0.5) is 0 Å². The van der Waals surface area contributed by atoms with Crippen molar-refractivity contribution in [3.8, 4) is 0 Å². The number of carbonyl (C=O) groups excluding carboxylic acids is 2. The van der Waals surface area contributed by atoms with Gasteiger partial charge in [-0.2, -0.15) is 0 Å². The number of carbonyl (C=O) groups is 2. The first-order valence-electron chi connectivity index (χ1n) is 8.57. The molecule has 0 aliphatic carbocycles. The van der Waals surface area contributed by atoms with E-state index in [-0.39, 0.29) is 11.9 Å². The second kappa shape index (κ2) is 8.80. The fraction of sp³-hybridized carbons (Fsp3) is 0.556. The fourth-order valence-corrected chi connectivity index (χ4v) is 3.35. The SMILES string of the molecule is CCCCC(C(=O)N1CCCC1c1ccccc1)C(O)C(=O)NO. The first kappa shape index (κ1) is 18.4. The summed E-state index contributed by atoms with van der Waals surface area (Å²) in [5.41, 5.74) is 2.52. The highest BCUT2D eigenvalue weighted by molar-refractivity contribution is 5.89. The lowest BCUT2D eigenvalue weighted by Crippen LogP contribution is -2.46. The normalized spacial score (nSPS) is 19.8. The van der Waals surface area contributed by atoms with Gasteiger partial charge < -0.3 is 10.0 Å². The first-order valence-corrected chi connectivity index (χ1v) is 8.57. The maximum Gasteiger partial charge on any atom is 0.272 e. The molecule has 0 aromatic heterocycles. The molecule has 1 aliphatic rings. The molecule has 24 heavy (non-hydrogen) atoms. The molecule has 1 saturated heterocycles. The van der Waals surface area contributed by atoms with E-state index in [0.717, 1.165) is 31.2 Å². The maximum atomic E-state index is 13.0. The average Bonchev–Trinajstić information content (AvgIpc) is 3.11. The predicted molar refractivity (Wildman–Crippen MR) is 89.1 cm³/mol. The third-order valence-electron chi connectivity index (χ3n) is 4.67. The van der Waals surface area contributed by atoms with Crippen molar-refractivity contribution in [2.24, 2.45) is 5.92 Å². The zero-order valence-electron chi connectivity index (χ0n) is 14.0. The Kier molecular flexibility index (Phi) is 6.75. The van der Waals surface area contributed by atoms with E-state index < -0.39 is 17.9 Å². The lowest BCUT2D eigenvalue weighted by Gasteiger charge is -2.30. The highest BCUT2D eigenvalue weighted by Crippen LogP contribution is 2.34. The van der Waals surface area contributed by atoms with Crippen molar-refractivity contribution in [2.75, 3.05) is 6.54 Å². The molecule has 0 spiro atoms. The van der Waals surface area contributed by atoms with Crippen LogP contribution in [0.1, 0.15) is 50.6 Å². The van der Waals surface area contributed by atoms with Crippen LogP contribution in [0.2, 0.25) is 0 Å². The van der Waals surface area contributed by atoms with Crippen molar-refractivity contribution in [3.05, 3.63) is 35.9 Å². The van der Waals surface area contributed by atoms with Crippen LogP contribution in [0.5, 0.6) is 0 Å². The van der Waals surface area contributed by atoms with Crippen molar-refractivity contribution in [1.82, 2.24) is 10.4 Å². The molecule has 1 fully saturated rings. The van der Waals surface area contributed by atoms with Gasteiger partial charge in [-0.25, -0.2) is 5.48 Å². The predicted octanol–water partition coefficient (Wildman–Crippen LogP) is 2.02. The van der Waals surface area contributed by atoms with Crippen LogP contribution >= 0.6 is 0 Å². The van der Waals surface area contributed by atoms with Crippen molar-refractivity contribution in [3.63, 3.8) is 0 Å². The Hall–Kier alpha value is -1.92. The minimum absolute atomic E-state index is 0.0211. The molecule has 1 aromatic rings. The van der Waals surface area contributed by atoms with Gasteiger partial charge in [0.1, 0.15) is 6.10 Å². The number of amides is 2. The number of benzene rings is 1. The van der Waals surface area contributed by atoms with E-state index in [1.807, 2.05) is 37.3 Å². The van der Waals surface area contributed by atoms with Crippen LogP contribution in [-0.4, -0.2) is 39.7 Å². The molecule has 1 aromatic carbocycles. The summed E-state index contributed by atoms with van der Waals surface area (Å²) in [6, 6.07) is 9.79. The van der Waals surface area contributed by atoms with Gasteiger partial charge in [-0.05, 0) is 24.8 Å². The third-order valence-corrected chi connectivity index (χ3v) is 4.67. The molecule has 0 bridgehead atoms. The van der Waals surface area contributed by atoms with Gasteiger partial charge in [0.15, 0.2) is 0 Å². The highest BCUT2D eigenvalue weighted by Gasteiger charge is 2.38. The van der Waals surface area contributed by atoms with Crippen LogP contribution in [-0.2, 0) is 9.59 Å². The van der Waals surface area contributed by atoms with Crippen molar-refractivity contribution < 1.29 is 19.9 Å². The molecular formula is C18H26N2O4. The molecular weight excluding hydrogens is 308 g/mol. The van der Waals surface area contributed by atoms with Crippen molar-refractivity contribution >= 4 is 11.8 Å². The maximum absolute atomic E-state index is 13.0. The standard InChI is InChI=1S/C18H26N2O4/c1-2-3-10-14(16(21)17(22)19-24)18(23)20-12-7-11-15(20)13-8-5-4-6-9-13/h4-6,8-9,14-16,21,24H,2-3,7,10-12H2,1H3,(H,19,22). The first-order chi connectivity index (χ1) is 11.6. The molecule has 1 aliphatic heterocycles. The zero-order chi connectivity index (χ0) is 17.5. The summed E-state index contributed by atoms with van der Waals surface area (Å²) in [6.07, 6.45) is 2.25. The number of hydroxylamine groups is 1. The number of rotatable bonds is 7. The topological polar surface area (TPSA) is 89.9 Å².